The molecule has 0 spiro atoms. The first-order valence-corrected chi connectivity index (χ1v) is 11.1. The number of methoxy groups -OCH3 is 1. The van der Waals surface area contributed by atoms with E-state index < -0.39 is 0 Å². The standard InChI is InChI=1S/C13H24O2.C12H18O/c1-4-11(2)10-12(14)15-13(3)8-6-5-7-9-13;1-5-11-7-6-9(2)8-12(11)10(3)13-4/h11H,4-10H2,1-3H3;6-8,10H,5H2,1-4H3. The summed E-state index contributed by atoms with van der Waals surface area (Å²) in [7, 11) is 1.76. The molecule has 1 aliphatic carbocycles. The average Bonchev–Trinajstić information content (AvgIpc) is 2.67. The molecule has 0 saturated heterocycles. The third-order valence-electron chi connectivity index (χ3n) is 5.96. The summed E-state index contributed by atoms with van der Waals surface area (Å²) in [6.45, 7) is 12.7. The Bertz CT molecular complexity index is 587. The van der Waals surface area contributed by atoms with E-state index in [0.29, 0.717) is 12.3 Å². The van der Waals surface area contributed by atoms with Crippen LogP contribution in [0, 0.1) is 12.8 Å². The molecule has 0 aromatic heterocycles. The maximum absolute atomic E-state index is 11.7. The van der Waals surface area contributed by atoms with Gasteiger partial charge in [-0.05, 0) is 69.9 Å². The van der Waals surface area contributed by atoms with Crippen molar-refractivity contribution in [2.24, 2.45) is 5.92 Å². The van der Waals surface area contributed by atoms with E-state index in [1.165, 1.54) is 36.0 Å². The molecule has 2 unspecified atom stereocenters. The Morgan fingerprint density at radius 1 is 1.14 bits per heavy atom. The van der Waals surface area contributed by atoms with Gasteiger partial charge in [0, 0.05) is 13.5 Å². The minimum atomic E-state index is -0.164. The molecular formula is C25H42O3. The van der Waals surface area contributed by atoms with Crippen LogP contribution in [-0.2, 0) is 20.7 Å². The number of hydrogen-bond acceptors (Lipinski definition) is 3. The highest BCUT2D eigenvalue weighted by Crippen LogP contribution is 2.31. The number of carbonyl (C=O) groups excluding carboxylic acids is 1. The minimum absolute atomic E-state index is 0.00579. The van der Waals surface area contributed by atoms with Crippen LogP contribution in [-0.4, -0.2) is 18.7 Å². The van der Waals surface area contributed by atoms with Crippen LogP contribution in [0.4, 0.5) is 0 Å². The Labute approximate surface area is 173 Å². The van der Waals surface area contributed by atoms with Gasteiger partial charge in [0.1, 0.15) is 5.60 Å². The molecular weight excluding hydrogens is 348 g/mol. The number of benzene rings is 1. The van der Waals surface area contributed by atoms with Gasteiger partial charge in [0.15, 0.2) is 0 Å². The molecule has 2 rings (SSSR count). The van der Waals surface area contributed by atoms with E-state index in [9.17, 15) is 4.79 Å². The molecule has 0 heterocycles. The van der Waals surface area contributed by atoms with Crippen molar-refractivity contribution in [3.8, 4) is 0 Å². The van der Waals surface area contributed by atoms with Crippen LogP contribution in [0.3, 0.4) is 0 Å². The van der Waals surface area contributed by atoms with E-state index in [4.69, 9.17) is 9.47 Å². The molecule has 28 heavy (non-hydrogen) atoms. The van der Waals surface area contributed by atoms with Crippen LogP contribution >= 0.6 is 0 Å². The van der Waals surface area contributed by atoms with E-state index >= 15 is 0 Å². The van der Waals surface area contributed by atoms with Gasteiger partial charge in [-0.25, -0.2) is 0 Å². The molecule has 0 N–H and O–H groups in total. The summed E-state index contributed by atoms with van der Waals surface area (Å²) in [4.78, 5) is 11.7. The fourth-order valence-corrected chi connectivity index (χ4v) is 3.69. The van der Waals surface area contributed by atoms with Crippen molar-refractivity contribution in [2.45, 2.75) is 105 Å². The predicted octanol–water partition coefficient (Wildman–Crippen LogP) is 6.95. The van der Waals surface area contributed by atoms with Crippen LogP contribution in [0.15, 0.2) is 18.2 Å². The van der Waals surface area contributed by atoms with Gasteiger partial charge in [0.25, 0.3) is 0 Å². The van der Waals surface area contributed by atoms with Crippen molar-refractivity contribution in [3.63, 3.8) is 0 Å². The highest BCUT2D eigenvalue weighted by molar-refractivity contribution is 5.70. The van der Waals surface area contributed by atoms with Crippen molar-refractivity contribution in [1.82, 2.24) is 0 Å². The zero-order valence-corrected chi connectivity index (χ0v) is 19.3. The largest absolute Gasteiger partial charge is 0.459 e. The van der Waals surface area contributed by atoms with E-state index in [1.807, 2.05) is 0 Å². The smallest absolute Gasteiger partial charge is 0.306 e. The van der Waals surface area contributed by atoms with Crippen LogP contribution in [0.5, 0.6) is 0 Å². The van der Waals surface area contributed by atoms with E-state index in [0.717, 1.165) is 25.7 Å². The van der Waals surface area contributed by atoms with E-state index in [-0.39, 0.29) is 17.7 Å². The number of hydrogen-bond donors (Lipinski definition) is 0. The molecule has 160 valence electrons. The molecule has 3 heteroatoms. The first kappa shape index (κ1) is 24.7. The van der Waals surface area contributed by atoms with Crippen LogP contribution < -0.4 is 0 Å². The molecule has 1 aliphatic rings. The summed E-state index contributed by atoms with van der Waals surface area (Å²) in [5.41, 5.74) is 3.85. The first-order valence-electron chi connectivity index (χ1n) is 11.1. The van der Waals surface area contributed by atoms with Crippen molar-refractivity contribution in [2.75, 3.05) is 7.11 Å². The quantitative estimate of drug-likeness (QED) is 0.472. The van der Waals surface area contributed by atoms with E-state index in [1.54, 1.807) is 7.11 Å². The highest BCUT2D eigenvalue weighted by Gasteiger charge is 2.30. The third kappa shape index (κ3) is 8.34. The fourth-order valence-electron chi connectivity index (χ4n) is 3.69. The summed E-state index contributed by atoms with van der Waals surface area (Å²) >= 11 is 0. The van der Waals surface area contributed by atoms with Crippen molar-refractivity contribution < 1.29 is 14.3 Å². The lowest BCUT2D eigenvalue weighted by molar-refractivity contribution is -0.162. The molecule has 0 aliphatic heterocycles. The van der Waals surface area contributed by atoms with Gasteiger partial charge in [0.05, 0.1) is 6.10 Å². The summed E-state index contributed by atoms with van der Waals surface area (Å²) in [6.07, 6.45) is 8.67. The zero-order chi connectivity index (χ0) is 21.2. The predicted molar refractivity (Wildman–Crippen MR) is 118 cm³/mol. The third-order valence-corrected chi connectivity index (χ3v) is 5.96. The van der Waals surface area contributed by atoms with Crippen molar-refractivity contribution in [3.05, 3.63) is 34.9 Å². The Hall–Kier alpha value is -1.35. The van der Waals surface area contributed by atoms with E-state index in [2.05, 4.69) is 59.7 Å². The molecule has 2 atom stereocenters. The molecule has 1 fully saturated rings. The Balaban J connectivity index is 0.000000283. The van der Waals surface area contributed by atoms with Crippen LogP contribution in [0.1, 0.15) is 102 Å². The molecule has 0 amide bonds. The Kier molecular flexibility index (Phi) is 10.8. The van der Waals surface area contributed by atoms with Crippen molar-refractivity contribution >= 4 is 5.97 Å². The Morgan fingerprint density at radius 3 is 2.32 bits per heavy atom. The zero-order valence-electron chi connectivity index (χ0n) is 19.3. The SMILES string of the molecule is CCC(C)CC(=O)OC1(C)CCCCC1.CCc1ccc(C)cc1C(C)OC. The number of rotatable bonds is 7. The van der Waals surface area contributed by atoms with Gasteiger partial charge in [0.2, 0.25) is 0 Å². The second-order valence-corrected chi connectivity index (χ2v) is 8.64. The molecule has 0 bridgehead atoms. The lowest BCUT2D eigenvalue weighted by Gasteiger charge is -2.33. The average molecular weight is 391 g/mol. The monoisotopic (exact) mass is 390 g/mol. The number of esters is 1. The second-order valence-electron chi connectivity index (χ2n) is 8.64. The fraction of sp³-hybridized carbons (Fsp3) is 0.720. The van der Waals surface area contributed by atoms with Gasteiger partial charge in [-0.1, -0.05) is 57.4 Å². The van der Waals surface area contributed by atoms with Gasteiger partial charge in [-0.2, -0.15) is 0 Å². The van der Waals surface area contributed by atoms with Crippen LogP contribution in [0.25, 0.3) is 0 Å². The topological polar surface area (TPSA) is 35.5 Å². The van der Waals surface area contributed by atoms with Gasteiger partial charge < -0.3 is 9.47 Å². The van der Waals surface area contributed by atoms with Crippen LogP contribution in [0.2, 0.25) is 0 Å². The maximum atomic E-state index is 11.7. The summed E-state index contributed by atoms with van der Waals surface area (Å²) in [6, 6.07) is 6.57. The summed E-state index contributed by atoms with van der Waals surface area (Å²) < 4.78 is 10.9. The molecule has 0 radical (unpaired) electrons. The van der Waals surface area contributed by atoms with Gasteiger partial charge >= 0.3 is 5.97 Å². The number of aryl methyl sites for hydroxylation is 2. The summed E-state index contributed by atoms with van der Waals surface area (Å²) in [5.74, 6) is 0.443. The van der Waals surface area contributed by atoms with Gasteiger partial charge in [-0.15, -0.1) is 0 Å². The lowest BCUT2D eigenvalue weighted by Crippen LogP contribution is -2.34. The number of carbonyl (C=O) groups is 1. The minimum Gasteiger partial charge on any atom is -0.459 e. The molecule has 1 aromatic rings. The van der Waals surface area contributed by atoms with Crippen molar-refractivity contribution in [1.29, 1.82) is 0 Å². The number of ether oxygens (including phenoxy) is 2. The Morgan fingerprint density at radius 2 is 1.79 bits per heavy atom. The first-order chi connectivity index (χ1) is 13.2. The second kappa shape index (κ2) is 12.3. The lowest BCUT2D eigenvalue weighted by atomic mass is 9.86. The highest BCUT2D eigenvalue weighted by atomic mass is 16.6. The summed E-state index contributed by atoms with van der Waals surface area (Å²) in [5, 5.41) is 0. The molecule has 1 aromatic carbocycles. The van der Waals surface area contributed by atoms with Gasteiger partial charge in [-0.3, -0.25) is 4.79 Å². The normalized spacial score (nSPS) is 17.8. The molecule has 1 saturated carbocycles. The maximum Gasteiger partial charge on any atom is 0.306 e. The molecule has 3 nitrogen and oxygen atoms in total.